The molecule has 0 saturated carbocycles. The van der Waals surface area contributed by atoms with Crippen LogP contribution in [0.15, 0.2) is 41.4 Å². The van der Waals surface area contributed by atoms with Crippen molar-refractivity contribution >= 4 is 23.7 Å². The second kappa shape index (κ2) is 9.04. The number of aryl methyl sites for hydroxylation is 2. The number of nitrogens with one attached hydrogen (secondary N) is 1. The summed E-state index contributed by atoms with van der Waals surface area (Å²) in [6.45, 7) is 3.83. The molecule has 1 atom stereocenters. The molecule has 166 valence electrons. The lowest BCUT2D eigenvalue weighted by atomic mass is 10.1. The zero-order chi connectivity index (χ0) is 23.5. The number of fused-ring (bicyclic) bond motifs is 1. The van der Waals surface area contributed by atoms with Gasteiger partial charge in [-0.05, 0) is 37.1 Å². The van der Waals surface area contributed by atoms with Gasteiger partial charge in [0.25, 0.3) is 0 Å². The lowest BCUT2D eigenvalue weighted by molar-refractivity contribution is -0.120. The third-order valence-corrected chi connectivity index (χ3v) is 5.44. The predicted octanol–water partition coefficient (Wildman–Crippen LogP) is 2.77. The molecule has 0 saturated heterocycles. The van der Waals surface area contributed by atoms with Gasteiger partial charge in [-0.2, -0.15) is 5.26 Å². The lowest BCUT2D eigenvalue weighted by Gasteiger charge is -2.18. The van der Waals surface area contributed by atoms with Gasteiger partial charge in [0.2, 0.25) is 11.7 Å². The van der Waals surface area contributed by atoms with Crippen LogP contribution in [-0.2, 0) is 11.2 Å². The molecule has 1 unspecified atom stereocenters. The summed E-state index contributed by atoms with van der Waals surface area (Å²) in [5.41, 5.74) is 3.92. The van der Waals surface area contributed by atoms with Crippen molar-refractivity contribution in [1.29, 1.82) is 5.26 Å². The molecule has 0 spiro atoms. The smallest absolute Gasteiger partial charge is 0.316 e. The summed E-state index contributed by atoms with van der Waals surface area (Å²) in [7, 11) is 1.60. The first kappa shape index (κ1) is 21.9. The second-order valence-corrected chi connectivity index (χ2v) is 7.91. The van der Waals surface area contributed by atoms with Crippen molar-refractivity contribution in [3.8, 4) is 11.8 Å². The number of benzene rings is 2. The number of amides is 2. The Labute approximate surface area is 190 Å². The van der Waals surface area contributed by atoms with Crippen LogP contribution in [0.25, 0.3) is 0 Å². The van der Waals surface area contributed by atoms with E-state index in [0.29, 0.717) is 29.2 Å². The van der Waals surface area contributed by atoms with E-state index in [2.05, 4.69) is 26.2 Å². The van der Waals surface area contributed by atoms with E-state index >= 15 is 0 Å². The Balaban J connectivity index is 1.46. The van der Waals surface area contributed by atoms with Gasteiger partial charge in [-0.3, -0.25) is 14.7 Å². The predicted molar refractivity (Wildman–Crippen MR) is 121 cm³/mol. The number of anilines is 1. The molecule has 1 aromatic heterocycles. The summed E-state index contributed by atoms with van der Waals surface area (Å²) in [4.78, 5) is 34.9. The number of carbonyl (C=O) groups is 2. The van der Waals surface area contributed by atoms with Crippen LogP contribution in [0.2, 0.25) is 0 Å². The quantitative estimate of drug-likeness (QED) is 0.620. The lowest BCUT2D eigenvalue weighted by Crippen LogP contribution is -2.34. The van der Waals surface area contributed by atoms with Crippen LogP contribution in [0.4, 0.5) is 5.69 Å². The maximum atomic E-state index is 12.9. The number of ether oxygens (including phenoxy) is 1. The van der Waals surface area contributed by atoms with Crippen molar-refractivity contribution < 1.29 is 14.3 Å². The Hall–Kier alpha value is -4.32. The minimum absolute atomic E-state index is 0.0188. The molecule has 1 aliphatic heterocycles. The monoisotopic (exact) mass is 442 g/mol. The van der Waals surface area contributed by atoms with E-state index in [0.717, 1.165) is 16.7 Å². The fourth-order valence-corrected chi connectivity index (χ4v) is 3.48. The minimum Gasteiger partial charge on any atom is -0.490 e. The molecule has 2 heterocycles. The number of H-pyrrole nitrogens is 1. The molecule has 4 rings (SSSR count). The molecule has 1 N–H and O–H groups in total. The summed E-state index contributed by atoms with van der Waals surface area (Å²) in [5.74, 6) is -0.747. The highest BCUT2D eigenvalue weighted by atomic mass is 16.5. The second-order valence-electron chi connectivity index (χ2n) is 7.91. The molecule has 0 aliphatic carbocycles. The van der Waals surface area contributed by atoms with Gasteiger partial charge in [0.1, 0.15) is 24.1 Å². The Morgan fingerprint density at radius 1 is 1.33 bits per heavy atom. The number of hydrogen-bond acceptors (Lipinski definition) is 6. The fraction of sp³-hybridized carbons (Fsp3) is 0.250. The van der Waals surface area contributed by atoms with Crippen LogP contribution in [0.1, 0.15) is 38.7 Å². The van der Waals surface area contributed by atoms with E-state index < -0.39 is 11.8 Å². The molecule has 2 aromatic carbocycles. The van der Waals surface area contributed by atoms with Crippen molar-refractivity contribution in [3.05, 3.63) is 70.3 Å². The molecular formula is C24H22N6O3. The Kier molecular flexibility index (Phi) is 6.00. The maximum Gasteiger partial charge on any atom is 0.316 e. The summed E-state index contributed by atoms with van der Waals surface area (Å²) in [6, 6.07) is 13.5. The number of rotatable bonds is 4. The highest BCUT2D eigenvalue weighted by Crippen LogP contribution is 2.34. The zero-order valence-electron chi connectivity index (χ0n) is 18.5. The number of hydrogen-bond donors (Lipinski definition) is 1. The summed E-state index contributed by atoms with van der Waals surface area (Å²) >= 11 is 0. The van der Waals surface area contributed by atoms with Gasteiger partial charge in [-0.1, -0.05) is 29.8 Å². The topological polar surface area (TPSA) is 124 Å². The molecule has 33 heavy (non-hydrogen) atoms. The van der Waals surface area contributed by atoms with Gasteiger partial charge in [0.15, 0.2) is 0 Å². The van der Waals surface area contributed by atoms with E-state index in [1.807, 2.05) is 31.2 Å². The number of aromatic amines is 1. The van der Waals surface area contributed by atoms with Crippen LogP contribution < -0.4 is 9.64 Å². The molecule has 3 aromatic rings. The third kappa shape index (κ3) is 4.65. The number of aromatic nitrogens is 3. The van der Waals surface area contributed by atoms with Crippen molar-refractivity contribution in [1.82, 2.24) is 15.2 Å². The van der Waals surface area contributed by atoms with Crippen LogP contribution in [-0.4, -0.2) is 46.9 Å². The summed E-state index contributed by atoms with van der Waals surface area (Å²) in [6.07, 6.45) is 1.77. The van der Waals surface area contributed by atoms with Crippen LogP contribution >= 0.6 is 0 Å². The van der Waals surface area contributed by atoms with Crippen LogP contribution in [0.3, 0.4) is 0 Å². The molecule has 0 bridgehead atoms. The van der Waals surface area contributed by atoms with Crippen LogP contribution in [0.5, 0.6) is 5.75 Å². The average Bonchev–Trinajstić information content (AvgIpc) is 3.24. The van der Waals surface area contributed by atoms with E-state index in [-0.39, 0.29) is 18.3 Å². The first-order valence-electron chi connectivity index (χ1n) is 10.4. The Morgan fingerprint density at radius 2 is 2.09 bits per heavy atom. The van der Waals surface area contributed by atoms with Gasteiger partial charge in [0, 0.05) is 19.7 Å². The average molecular weight is 442 g/mol. The van der Waals surface area contributed by atoms with Crippen molar-refractivity contribution in [3.63, 3.8) is 0 Å². The molecule has 1 aliphatic rings. The standard InChI is InChI=1S/C24H22N6O3/c1-14-4-6-16(7-5-14)9-21-27-22(29-28-21)23(31)26-12-18-13-33-20-8-15(2)17(11-25)10-19(20)30(3)24(18)32/h4-8,10,12,18H,9,13H2,1-3H3,(H,27,28,29). The van der Waals surface area contributed by atoms with Gasteiger partial charge >= 0.3 is 5.91 Å². The molecule has 0 fully saturated rings. The maximum absolute atomic E-state index is 12.9. The van der Waals surface area contributed by atoms with E-state index in [9.17, 15) is 14.9 Å². The number of nitrogens with zero attached hydrogens (tertiary/aromatic N) is 5. The van der Waals surface area contributed by atoms with E-state index in [1.165, 1.54) is 11.1 Å². The van der Waals surface area contributed by atoms with Crippen molar-refractivity contribution in [2.24, 2.45) is 10.9 Å². The molecule has 2 amide bonds. The molecule has 0 radical (unpaired) electrons. The fourth-order valence-electron chi connectivity index (χ4n) is 3.48. The highest BCUT2D eigenvalue weighted by Gasteiger charge is 2.29. The number of aliphatic imine (C=N–C) groups is 1. The Bertz CT molecular complexity index is 1290. The number of nitriles is 1. The third-order valence-electron chi connectivity index (χ3n) is 5.44. The highest BCUT2D eigenvalue weighted by molar-refractivity contribution is 6.07. The minimum atomic E-state index is -0.775. The molecule has 9 nitrogen and oxygen atoms in total. The van der Waals surface area contributed by atoms with Crippen molar-refractivity contribution in [2.45, 2.75) is 20.3 Å². The normalized spacial score (nSPS) is 15.6. The van der Waals surface area contributed by atoms with Crippen LogP contribution in [0, 0.1) is 31.1 Å². The molecule has 9 heteroatoms. The van der Waals surface area contributed by atoms with Gasteiger partial charge in [0.05, 0.1) is 17.3 Å². The zero-order valence-corrected chi connectivity index (χ0v) is 18.5. The van der Waals surface area contributed by atoms with Crippen molar-refractivity contribution in [2.75, 3.05) is 18.6 Å². The molecular weight excluding hydrogens is 420 g/mol. The Morgan fingerprint density at radius 3 is 2.82 bits per heavy atom. The number of carbonyl (C=O) groups excluding carboxylic acids is 2. The SMILES string of the molecule is Cc1ccc(Cc2nc(C(=O)N=CC3COc4cc(C)c(C#N)cc4N(C)C3=O)n[nH]2)cc1. The van der Waals surface area contributed by atoms with E-state index in [4.69, 9.17) is 4.74 Å². The summed E-state index contributed by atoms with van der Waals surface area (Å²) < 4.78 is 5.79. The first-order valence-corrected chi connectivity index (χ1v) is 10.4. The van der Waals surface area contributed by atoms with Gasteiger partial charge in [-0.25, -0.2) is 9.98 Å². The van der Waals surface area contributed by atoms with Gasteiger partial charge < -0.3 is 9.64 Å². The first-order chi connectivity index (χ1) is 15.9. The largest absolute Gasteiger partial charge is 0.490 e. The summed E-state index contributed by atoms with van der Waals surface area (Å²) in [5, 5.41) is 16.0. The van der Waals surface area contributed by atoms with E-state index in [1.54, 1.807) is 26.1 Å². The van der Waals surface area contributed by atoms with Gasteiger partial charge in [-0.15, -0.1) is 5.10 Å².